The number of halogens is 4. The van der Waals surface area contributed by atoms with Gasteiger partial charge in [0, 0.05) is 17.3 Å². The molecular weight excluding hydrogens is 313 g/mol. The Hall–Kier alpha value is -0.480. The fraction of sp³-hybridized carbons (Fsp3) is 0.417. The molecule has 1 aromatic rings. The van der Waals surface area contributed by atoms with Crippen molar-refractivity contribution in [3.63, 3.8) is 0 Å². The van der Waals surface area contributed by atoms with Gasteiger partial charge >= 0.3 is 0 Å². The highest BCUT2D eigenvalue weighted by atomic mass is 79.9. The topological polar surface area (TPSA) is 17.1 Å². The molecule has 0 radical (unpaired) electrons. The molecule has 94 valence electrons. The van der Waals surface area contributed by atoms with Crippen LogP contribution in [0.1, 0.15) is 36.0 Å². The van der Waals surface area contributed by atoms with E-state index in [9.17, 15) is 13.6 Å². The van der Waals surface area contributed by atoms with Crippen LogP contribution in [-0.4, -0.2) is 11.1 Å². The molecule has 0 saturated heterocycles. The lowest BCUT2D eigenvalue weighted by Gasteiger charge is -2.03. The first-order valence-electron chi connectivity index (χ1n) is 5.30. The van der Waals surface area contributed by atoms with Crippen LogP contribution in [0.2, 0.25) is 5.02 Å². The number of alkyl halides is 1. The highest BCUT2D eigenvalue weighted by Gasteiger charge is 2.13. The lowest BCUT2D eigenvalue weighted by Crippen LogP contribution is -2.01. The summed E-state index contributed by atoms with van der Waals surface area (Å²) in [6.45, 7) is 0. The van der Waals surface area contributed by atoms with E-state index in [-0.39, 0.29) is 11.3 Å². The van der Waals surface area contributed by atoms with Crippen LogP contribution < -0.4 is 0 Å². The number of unbranched alkanes of at least 4 members (excludes halogenated alkanes) is 2. The van der Waals surface area contributed by atoms with Crippen molar-refractivity contribution in [1.29, 1.82) is 0 Å². The third-order valence-corrected chi connectivity index (χ3v) is 3.27. The number of carbonyl (C=O) groups is 1. The first-order valence-corrected chi connectivity index (χ1v) is 6.80. The van der Waals surface area contributed by atoms with Crippen LogP contribution in [0.5, 0.6) is 0 Å². The number of hydrogen-bond acceptors (Lipinski definition) is 1. The lowest BCUT2D eigenvalue weighted by molar-refractivity contribution is 0.0978. The van der Waals surface area contributed by atoms with Gasteiger partial charge in [0.25, 0.3) is 0 Å². The zero-order valence-corrected chi connectivity index (χ0v) is 11.5. The van der Waals surface area contributed by atoms with Crippen LogP contribution in [0, 0.1) is 11.6 Å². The first kappa shape index (κ1) is 14.6. The number of hydrogen-bond donors (Lipinski definition) is 0. The summed E-state index contributed by atoms with van der Waals surface area (Å²) in [6.07, 6.45) is 2.91. The van der Waals surface area contributed by atoms with Crippen LogP contribution >= 0.6 is 27.5 Å². The third kappa shape index (κ3) is 4.36. The molecule has 0 aliphatic carbocycles. The standard InChI is InChI=1S/C12H12BrClF2O/c13-5-3-1-2-4-11(17)8-6-9(15)12(14)10(16)7-8/h6-7H,1-5H2. The van der Waals surface area contributed by atoms with E-state index in [1.807, 2.05) is 0 Å². The van der Waals surface area contributed by atoms with Gasteiger partial charge in [-0.1, -0.05) is 34.0 Å². The normalized spacial score (nSPS) is 10.6. The number of carbonyl (C=O) groups excluding carboxylic acids is 1. The summed E-state index contributed by atoms with van der Waals surface area (Å²) in [5, 5.41) is 0.326. The number of benzene rings is 1. The van der Waals surface area contributed by atoms with E-state index in [1.54, 1.807) is 0 Å². The van der Waals surface area contributed by atoms with Crippen molar-refractivity contribution >= 4 is 33.3 Å². The van der Waals surface area contributed by atoms with Crippen LogP contribution in [-0.2, 0) is 0 Å². The highest BCUT2D eigenvalue weighted by molar-refractivity contribution is 9.09. The highest BCUT2D eigenvalue weighted by Crippen LogP contribution is 2.21. The van der Waals surface area contributed by atoms with Gasteiger partial charge in [-0.05, 0) is 25.0 Å². The van der Waals surface area contributed by atoms with Crippen LogP contribution in [0.25, 0.3) is 0 Å². The Labute approximate surface area is 112 Å². The predicted octanol–water partition coefficient (Wildman–Crippen LogP) is 4.76. The Morgan fingerprint density at radius 1 is 1.18 bits per heavy atom. The quantitative estimate of drug-likeness (QED) is 0.319. The molecule has 17 heavy (non-hydrogen) atoms. The Morgan fingerprint density at radius 3 is 2.29 bits per heavy atom. The van der Waals surface area contributed by atoms with E-state index in [2.05, 4.69) is 15.9 Å². The van der Waals surface area contributed by atoms with Crippen molar-refractivity contribution in [3.05, 3.63) is 34.4 Å². The molecule has 0 aliphatic rings. The summed E-state index contributed by atoms with van der Waals surface area (Å²) in [5.41, 5.74) is 0.0447. The van der Waals surface area contributed by atoms with Gasteiger partial charge in [0.15, 0.2) is 5.78 Å². The monoisotopic (exact) mass is 324 g/mol. The van der Waals surface area contributed by atoms with Gasteiger partial charge in [-0.2, -0.15) is 0 Å². The fourth-order valence-electron chi connectivity index (χ4n) is 1.42. The van der Waals surface area contributed by atoms with E-state index in [4.69, 9.17) is 11.6 Å². The van der Waals surface area contributed by atoms with Gasteiger partial charge in [-0.25, -0.2) is 8.78 Å². The summed E-state index contributed by atoms with van der Waals surface area (Å²) >= 11 is 8.62. The molecule has 5 heteroatoms. The Balaban J connectivity index is 2.63. The number of ketones is 1. The number of Topliss-reactive ketones (excluding diaryl/α,β-unsaturated/α-hetero) is 1. The molecule has 0 fully saturated rings. The lowest BCUT2D eigenvalue weighted by atomic mass is 10.0. The SMILES string of the molecule is O=C(CCCCCBr)c1cc(F)c(Cl)c(F)c1. The van der Waals surface area contributed by atoms with Crippen molar-refractivity contribution in [1.82, 2.24) is 0 Å². The largest absolute Gasteiger partial charge is 0.294 e. The molecule has 0 saturated carbocycles. The predicted molar refractivity (Wildman–Crippen MR) is 68.0 cm³/mol. The second-order valence-corrected chi connectivity index (χ2v) is 4.85. The maximum Gasteiger partial charge on any atom is 0.163 e. The maximum atomic E-state index is 13.1. The zero-order chi connectivity index (χ0) is 12.8. The average molecular weight is 326 g/mol. The van der Waals surface area contributed by atoms with Gasteiger partial charge in [0.05, 0.1) is 0 Å². The Morgan fingerprint density at radius 2 is 1.76 bits per heavy atom. The average Bonchev–Trinajstić information content (AvgIpc) is 2.30. The summed E-state index contributed by atoms with van der Waals surface area (Å²) in [7, 11) is 0. The molecule has 0 amide bonds. The zero-order valence-electron chi connectivity index (χ0n) is 9.11. The molecule has 1 aromatic carbocycles. The van der Waals surface area contributed by atoms with Gasteiger partial charge in [-0.3, -0.25) is 4.79 Å². The van der Waals surface area contributed by atoms with E-state index >= 15 is 0 Å². The van der Waals surface area contributed by atoms with Crippen LogP contribution in [0.3, 0.4) is 0 Å². The molecule has 0 spiro atoms. The van der Waals surface area contributed by atoms with Crippen molar-refractivity contribution in [2.45, 2.75) is 25.7 Å². The molecule has 0 heterocycles. The molecule has 1 rings (SSSR count). The molecule has 0 aromatic heterocycles. The molecule has 0 N–H and O–H groups in total. The molecule has 0 unspecified atom stereocenters. The second-order valence-electron chi connectivity index (χ2n) is 3.68. The van der Waals surface area contributed by atoms with E-state index < -0.39 is 16.7 Å². The summed E-state index contributed by atoms with van der Waals surface area (Å²) in [5.74, 6) is -2.04. The van der Waals surface area contributed by atoms with Gasteiger partial charge in [0.1, 0.15) is 16.7 Å². The smallest absolute Gasteiger partial charge is 0.163 e. The Kier molecular flexibility index (Phi) is 6.06. The second kappa shape index (κ2) is 7.07. The van der Waals surface area contributed by atoms with Crippen molar-refractivity contribution in [3.8, 4) is 0 Å². The fourth-order valence-corrected chi connectivity index (χ4v) is 1.92. The summed E-state index contributed by atoms with van der Waals surface area (Å²) in [4.78, 5) is 11.6. The minimum atomic E-state index is -0.893. The first-order chi connectivity index (χ1) is 8.06. The number of rotatable bonds is 6. The molecule has 0 aliphatic heterocycles. The summed E-state index contributed by atoms with van der Waals surface area (Å²) < 4.78 is 26.2. The van der Waals surface area contributed by atoms with Gasteiger partial charge in [0.2, 0.25) is 0 Å². The summed E-state index contributed by atoms with van der Waals surface area (Å²) in [6, 6.07) is 1.97. The van der Waals surface area contributed by atoms with E-state index in [0.29, 0.717) is 6.42 Å². The molecule has 0 bridgehead atoms. The minimum Gasteiger partial charge on any atom is -0.294 e. The van der Waals surface area contributed by atoms with Gasteiger partial charge < -0.3 is 0 Å². The van der Waals surface area contributed by atoms with Crippen molar-refractivity contribution < 1.29 is 13.6 Å². The maximum absolute atomic E-state index is 13.1. The molecule has 1 nitrogen and oxygen atoms in total. The van der Waals surface area contributed by atoms with E-state index in [0.717, 1.165) is 36.7 Å². The minimum absolute atomic E-state index is 0.0447. The van der Waals surface area contributed by atoms with Crippen LogP contribution in [0.15, 0.2) is 12.1 Å². The van der Waals surface area contributed by atoms with Crippen LogP contribution in [0.4, 0.5) is 8.78 Å². The third-order valence-electron chi connectivity index (χ3n) is 2.34. The van der Waals surface area contributed by atoms with Gasteiger partial charge in [-0.15, -0.1) is 0 Å². The van der Waals surface area contributed by atoms with Crippen molar-refractivity contribution in [2.75, 3.05) is 5.33 Å². The molecular formula is C12H12BrClF2O. The van der Waals surface area contributed by atoms with E-state index in [1.165, 1.54) is 0 Å². The molecule has 0 atom stereocenters. The Bertz CT molecular complexity index is 386. The van der Waals surface area contributed by atoms with Crippen molar-refractivity contribution in [2.24, 2.45) is 0 Å².